The van der Waals surface area contributed by atoms with Crippen LogP contribution >= 0.6 is 0 Å². The first-order valence-electron chi connectivity index (χ1n) is 5.88. The lowest BCUT2D eigenvalue weighted by molar-refractivity contribution is 0.363. The summed E-state index contributed by atoms with van der Waals surface area (Å²) in [5, 5.41) is 0. The molecule has 4 heteroatoms. The second-order valence-electron chi connectivity index (χ2n) is 4.23. The maximum atomic E-state index is 5.86. The Labute approximate surface area is 102 Å². The van der Waals surface area contributed by atoms with Crippen LogP contribution < -0.4 is 10.5 Å². The quantitative estimate of drug-likeness (QED) is 0.864. The van der Waals surface area contributed by atoms with Gasteiger partial charge in [0.25, 0.3) is 0 Å². The Morgan fingerprint density at radius 1 is 1.53 bits per heavy atom. The third-order valence-corrected chi connectivity index (χ3v) is 3.24. The molecule has 0 spiro atoms. The molecule has 0 aromatic heterocycles. The van der Waals surface area contributed by atoms with E-state index in [1.807, 2.05) is 6.07 Å². The van der Waals surface area contributed by atoms with Gasteiger partial charge in [-0.25, -0.2) is 0 Å². The van der Waals surface area contributed by atoms with Crippen molar-refractivity contribution in [3.63, 3.8) is 0 Å². The minimum absolute atomic E-state index is 0.268. The molecule has 1 aromatic carbocycles. The van der Waals surface area contributed by atoms with E-state index < -0.39 is 0 Å². The van der Waals surface area contributed by atoms with Crippen molar-refractivity contribution >= 4 is 5.96 Å². The van der Waals surface area contributed by atoms with Crippen LogP contribution in [0, 0.1) is 6.92 Å². The zero-order valence-electron chi connectivity index (χ0n) is 10.6. The van der Waals surface area contributed by atoms with Gasteiger partial charge in [-0.1, -0.05) is 12.1 Å². The minimum atomic E-state index is 0.268. The SMILES string of the molecule is CCN1C(N)=NCC1c1ccc(OC)c(C)c1. The molecule has 1 aliphatic heterocycles. The Bertz CT molecular complexity index is 442. The summed E-state index contributed by atoms with van der Waals surface area (Å²) < 4.78 is 5.27. The van der Waals surface area contributed by atoms with Crippen molar-refractivity contribution in [1.82, 2.24) is 4.90 Å². The van der Waals surface area contributed by atoms with Gasteiger partial charge in [-0.3, -0.25) is 4.99 Å². The number of hydrogen-bond donors (Lipinski definition) is 1. The summed E-state index contributed by atoms with van der Waals surface area (Å²) >= 11 is 0. The molecule has 2 N–H and O–H groups in total. The molecule has 4 nitrogen and oxygen atoms in total. The lowest BCUT2D eigenvalue weighted by Gasteiger charge is -2.25. The molecular weight excluding hydrogens is 214 g/mol. The monoisotopic (exact) mass is 233 g/mol. The fourth-order valence-corrected chi connectivity index (χ4v) is 2.31. The summed E-state index contributed by atoms with van der Waals surface area (Å²) in [5.41, 5.74) is 8.25. The first-order valence-corrected chi connectivity index (χ1v) is 5.88. The molecule has 0 radical (unpaired) electrons. The maximum Gasteiger partial charge on any atom is 0.191 e. The number of guanidine groups is 1. The van der Waals surface area contributed by atoms with Gasteiger partial charge in [0.05, 0.1) is 19.7 Å². The smallest absolute Gasteiger partial charge is 0.191 e. The predicted octanol–water partition coefficient (Wildman–Crippen LogP) is 1.69. The lowest BCUT2D eigenvalue weighted by Crippen LogP contribution is -2.35. The van der Waals surface area contributed by atoms with E-state index in [0.717, 1.165) is 24.4 Å². The molecular formula is C13H19N3O. The molecule has 0 saturated heterocycles. The average molecular weight is 233 g/mol. The molecule has 0 bridgehead atoms. The molecule has 1 atom stereocenters. The van der Waals surface area contributed by atoms with E-state index in [1.165, 1.54) is 5.56 Å². The number of aliphatic imine (C=N–C) groups is 1. The first-order chi connectivity index (χ1) is 8.17. The van der Waals surface area contributed by atoms with E-state index in [9.17, 15) is 0 Å². The van der Waals surface area contributed by atoms with Crippen molar-refractivity contribution in [2.45, 2.75) is 19.9 Å². The number of nitrogens with zero attached hydrogens (tertiary/aromatic N) is 2. The highest BCUT2D eigenvalue weighted by Crippen LogP contribution is 2.28. The van der Waals surface area contributed by atoms with Gasteiger partial charge in [0.2, 0.25) is 0 Å². The topological polar surface area (TPSA) is 50.8 Å². The van der Waals surface area contributed by atoms with Gasteiger partial charge in [-0.15, -0.1) is 0 Å². The van der Waals surface area contributed by atoms with Crippen molar-refractivity contribution in [2.24, 2.45) is 10.7 Å². The van der Waals surface area contributed by atoms with Crippen LogP contribution in [0.15, 0.2) is 23.2 Å². The Morgan fingerprint density at radius 3 is 2.88 bits per heavy atom. The van der Waals surface area contributed by atoms with E-state index >= 15 is 0 Å². The van der Waals surface area contributed by atoms with Gasteiger partial charge >= 0.3 is 0 Å². The zero-order valence-corrected chi connectivity index (χ0v) is 10.6. The third kappa shape index (κ3) is 2.07. The van der Waals surface area contributed by atoms with Crippen LogP contribution in [-0.4, -0.2) is 31.1 Å². The Balaban J connectivity index is 2.27. The highest BCUT2D eigenvalue weighted by atomic mass is 16.5. The zero-order chi connectivity index (χ0) is 12.4. The largest absolute Gasteiger partial charge is 0.496 e. The van der Waals surface area contributed by atoms with Gasteiger partial charge in [0, 0.05) is 6.54 Å². The molecule has 1 aliphatic rings. The second kappa shape index (κ2) is 4.65. The van der Waals surface area contributed by atoms with Crippen molar-refractivity contribution in [2.75, 3.05) is 20.2 Å². The molecule has 92 valence electrons. The van der Waals surface area contributed by atoms with E-state index in [0.29, 0.717) is 5.96 Å². The maximum absolute atomic E-state index is 5.86. The van der Waals surface area contributed by atoms with Crippen molar-refractivity contribution in [3.8, 4) is 5.75 Å². The number of likely N-dealkylation sites (N-methyl/N-ethyl adjacent to an activating group) is 1. The number of hydrogen-bond acceptors (Lipinski definition) is 4. The number of rotatable bonds is 3. The van der Waals surface area contributed by atoms with E-state index in [1.54, 1.807) is 7.11 Å². The predicted molar refractivity (Wildman–Crippen MR) is 69.3 cm³/mol. The van der Waals surface area contributed by atoms with Gasteiger partial charge in [0.1, 0.15) is 5.75 Å². The van der Waals surface area contributed by atoms with Crippen LogP contribution in [0.5, 0.6) is 5.75 Å². The first kappa shape index (κ1) is 11.8. The van der Waals surface area contributed by atoms with Crippen LogP contribution in [0.3, 0.4) is 0 Å². The molecule has 17 heavy (non-hydrogen) atoms. The Morgan fingerprint density at radius 2 is 2.29 bits per heavy atom. The summed E-state index contributed by atoms with van der Waals surface area (Å²) in [5.74, 6) is 1.56. The second-order valence-corrected chi connectivity index (χ2v) is 4.23. The molecule has 1 aromatic rings. The molecule has 0 aliphatic carbocycles. The lowest BCUT2D eigenvalue weighted by atomic mass is 10.0. The summed E-state index contributed by atoms with van der Waals surface area (Å²) in [7, 11) is 1.69. The molecule has 2 rings (SSSR count). The summed E-state index contributed by atoms with van der Waals surface area (Å²) in [6.45, 7) is 5.77. The fourth-order valence-electron chi connectivity index (χ4n) is 2.31. The normalized spacial score (nSPS) is 19.4. The number of nitrogens with two attached hydrogens (primary N) is 1. The van der Waals surface area contributed by atoms with Crippen LogP contribution in [0.1, 0.15) is 24.1 Å². The number of benzene rings is 1. The van der Waals surface area contributed by atoms with Crippen LogP contribution in [0.4, 0.5) is 0 Å². The van der Waals surface area contributed by atoms with Crippen LogP contribution in [0.2, 0.25) is 0 Å². The number of ether oxygens (including phenoxy) is 1. The highest BCUT2D eigenvalue weighted by Gasteiger charge is 2.26. The summed E-state index contributed by atoms with van der Waals surface area (Å²) in [6.07, 6.45) is 0. The van der Waals surface area contributed by atoms with Gasteiger partial charge < -0.3 is 15.4 Å². The summed E-state index contributed by atoms with van der Waals surface area (Å²) in [4.78, 5) is 6.43. The molecule has 0 amide bonds. The molecule has 0 fully saturated rings. The Kier molecular flexibility index (Phi) is 3.22. The van der Waals surface area contributed by atoms with Crippen molar-refractivity contribution < 1.29 is 4.74 Å². The van der Waals surface area contributed by atoms with E-state index in [2.05, 4.69) is 35.9 Å². The van der Waals surface area contributed by atoms with Crippen molar-refractivity contribution in [1.29, 1.82) is 0 Å². The molecule has 0 saturated carbocycles. The van der Waals surface area contributed by atoms with Crippen molar-refractivity contribution in [3.05, 3.63) is 29.3 Å². The van der Waals surface area contributed by atoms with Gasteiger partial charge in [0.15, 0.2) is 5.96 Å². The van der Waals surface area contributed by atoms with Gasteiger partial charge in [-0.05, 0) is 31.0 Å². The minimum Gasteiger partial charge on any atom is -0.496 e. The van der Waals surface area contributed by atoms with Gasteiger partial charge in [-0.2, -0.15) is 0 Å². The molecule has 1 unspecified atom stereocenters. The molecule has 1 heterocycles. The fraction of sp³-hybridized carbons (Fsp3) is 0.462. The van der Waals surface area contributed by atoms with E-state index in [4.69, 9.17) is 10.5 Å². The van der Waals surface area contributed by atoms with E-state index in [-0.39, 0.29) is 6.04 Å². The van der Waals surface area contributed by atoms with Crippen LogP contribution in [0.25, 0.3) is 0 Å². The highest BCUT2D eigenvalue weighted by molar-refractivity contribution is 5.80. The standard InChI is InChI=1S/C13H19N3O/c1-4-16-11(8-15-13(16)14)10-5-6-12(17-3)9(2)7-10/h5-7,11H,4,8H2,1-3H3,(H2,14,15). The third-order valence-electron chi connectivity index (χ3n) is 3.24. The number of methoxy groups -OCH3 is 1. The Hall–Kier alpha value is -1.71. The average Bonchev–Trinajstić information content (AvgIpc) is 2.70. The number of aryl methyl sites for hydroxylation is 1. The summed E-state index contributed by atoms with van der Waals surface area (Å²) in [6, 6.07) is 6.52. The van der Waals surface area contributed by atoms with Crippen LogP contribution in [-0.2, 0) is 0 Å².